The lowest BCUT2D eigenvalue weighted by molar-refractivity contribution is 0.103. The van der Waals surface area contributed by atoms with Crippen LogP contribution >= 0.6 is 45.3 Å². The third kappa shape index (κ3) is 19.9. The summed E-state index contributed by atoms with van der Waals surface area (Å²) in [7, 11) is 0. The number of benzene rings is 2. The lowest BCUT2D eigenvalue weighted by atomic mass is 9.76. The molecule has 0 saturated carbocycles. The number of Topliss-reactive ketones (excluding diaryl/α,β-unsaturated/α-hetero) is 2. The summed E-state index contributed by atoms with van der Waals surface area (Å²) in [5.41, 5.74) is 0.899. The van der Waals surface area contributed by atoms with Gasteiger partial charge in [-0.3, -0.25) is 9.59 Å². The van der Waals surface area contributed by atoms with Crippen molar-refractivity contribution in [1.29, 1.82) is 15.8 Å². The highest BCUT2D eigenvalue weighted by Gasteiger charge is 2.47. The molecule has 1 aliphatic heterocycles. The lowest BCUT2D eigenvalue weighted by Crippen LogP contribution is -2.49. The normalized spacial score (nSPS) is 15.3. The van der Waals surface area contributed by atoms with Gasteiger partial charge in [0.15, 0.2) is 34.8 Å². The zero-order valence-corrected chi connectivity index (χ0v) is 66.9. The number of anilines is 1. The molecule has 106 heavy (non-hydrogen) atoms. The second-order valence-electron chi connectivity index (χ2n) is 29.2. The maximum absolute atomic E-state index is 15.2. The van der Waals surface area contributed by atoms with Gasteiger partial charge in [-0.05, 0) is 121 Å². The average Bonchev–Trinajstić information content (AvgIpc) is 1.54. The van der Waals surface area contributed by atoms with Gasteiger partial charge in [0.05, 0.1) is 61.5 Å². The third-order valence-corrected chi connectivity index (χ3v) is 26.6. The quantitative estimate of drug-likeness (QED) is 0.0121. The Bertz CT molecular complexity index is 4270. The predicted octanol–water partition coefficient (Wildman–Crippen LogP) is 28.4. The average molecular weight is 1520 g/mol. The monoisotopic (exact) mass is 1510 g/mol. The largest absolute Gasteiger partial charge is 0.492 e. The van der Waals surface area contributed by atoms with Crippen LogP contribution in [0.5, 0.6) is 11.5 Å². The van der Waals surface area contributed by atoms with Crippen LogP contribution in [0.15, 0.2) is 70.9 Å². The van der Waals surface area contributed by atoms with Crippen molar-refractivity contribution in [1.82, 2.24) is 0 Å². The number of rotatable bonds is 45. The third-order valence-electron chi connectivity index (χ3n) is 21.7. The van der Waals surface area contributed by atoms with E-state index in [2.05, 4.69) is 70.3 Å². The summed E-state index contributed by atoms with van der Waals surface area (Å²) >= 11 is 6.36. The van der Waals surface area contributed by atoms with Crippen LogP contribution in [0.1, 0.15) is 314 Å². The fourth-order valence-corrected chi connectivity index (χ4v) is 20.4. The van der Waals surface area contributed by atoms with Crippen molar-refractivity contribution in [2.24, 2.45) is 11.8 Å². The molecule has 2 unspecified atom stereocenters. The number of hydrogen-bond acceptors (Lipinski definition) is 12. The topological polar surface area (TPSA) is 132 Å². The summed E-state index contributed by atoms with van der Waals surface area (Å²) in [5.74, 6) is -4.23. The van der Waals surface area contributed by atoms with Gasteiger partial charge in [0.2, 0.25) is 0 Å². The van der Waals surface area contributed by atoms with Crippen LogP contribution in [0.3, 0.4) is 0 Å². The first-order valence-electron chi connectivity index (χ1n) is 39.8. The number of nitriles is 3. The van der Waals surface area contributed by atoms with E-state index in [-0.39, 0.29) is 62.0 Å². The van der Waals surface area contributed by atoms with Crippen molar-refractivity contribution in [3.8, 4) is 59.0 Å². The van der Waals surface area contributed by atoms with Crippen LogP contribution in [-0.4, -0.2) is 31.3 Å². The number of carbonyl (C=O) groups excluding carboxylic acids is 2. The number of fused-ring (bicyclic) bond motifs is 5. The number of carbonyl (C=O) groups is 2. The Morgan fingerprint density at radius 1 is 0.481 bits per heavy atom. The molecule has 2 atom stereocenters. The molecule has 0 saturated heterocycles. The van der Waals surface area contributed by atoms with Gasteiger partial charge >= 0.3 is 0 Å². The van der Waals surface area contributed by atoms with E-state index < -0.39 is 46.1 Å². The molecule has 2 aromatic carbocycles. The standard InChI is InChI=1S/C89H107F4N5O4S4/c1-9-16-21-24-26-28-30-32-34-36-41-89(42-37-35-33-31-29-27-25-22-17-10-2)70-52-79(87-77(101-57-59(14-6)39-19-12-4)46-62(103-87)44-68-81(61(54-94)55-95)64-48-71(90)73(92)50-66(64)83(68)99)105-85(70)86-76(98(89)43-38-23-18-11-3)53-80(106-86)88-78(102-58-60(15-7)40-20-13-5)47-63(104-88)45-69-82(75(56-96)97-8)65-49-72(91)74(93)51-67(65)84(69)100/h44-53,59-60H,9-43,57-58H2,1-7H3/b68-44-,69-45-,82-75?. The maximum Gasteiger partial charge on any atom is 0.270 e. The Kier molecular flexibility index (Phi) is 32.2. The van der Waals surface area contributed by atoms with Crippen LogP contribution in [0, 0.1) is 75.7 Å². The molecule has 564 valence electrons. The number of hydrogen-bond donors (Lipinski definition) is 0. The highest BCUT2D eigenvalue weighted by Crippen LogP contribution is 2.62. The highest BCUT2D eigenvalue weighted by atomic mass is 32.1. The molecule has 17 heteroatoms. The van der Waals surface area contributed by atoms with Crippen LogP contribution in [0.4, 0.5) is 23.2 Å². The summed E-state index contributed by atoms with van der Waals surface area (Å²) in [5, 5.41) is 31.1. The van der Waals surface area contributed by atoms with Gasteiger partial charge in [-0.15, -0.1) is 45.3 Å². The van der Waals surface area contributed by atoms with Crippen LogP contribution in [0.2, 0.25) is 0 Å². The summed E-state index contributed by atoms with van der Waals surface area (Å²) in [6.45, 7) is 25.3. The van der Waals surface area contributed by atoms with E-state index >= 15 is 17.6 Å². The lowest BCUT2D eigenvalue weighted by Gasteiger charge is -2.49. The van der Waals surface area contributed by atoms with E-state index in [1.54, 1.807) is 34.8 Å². The molecule has 3 aliphatic rings. The van der Waals surface area contributed by atoms with Crippen molar-refractivity contribution >= 4 is 85.9 Å². The van der Waals surface area contributed by atoms with Crippen LogP contribution < -0.4 is 14.4 Å². The Morgan fingerprint density at radius 2 is 0.877 bits per heavy atom. The number of ketones is 2. The molecule has 2 aliphatic carbocycles. The number of allylic oxidation sites excluding steroid dienone is 6. The molecular formula is C89H107F4N5O4S4. The van der Waals surface area contributed by atoms with E-state index in [0.29, 0.717) is 34.5 Å². The first-order chi connectivity index (χ1) is 51.6. The van der Waals surface area contributed by atoms with Gasteiger partial charge in [-0.2, -0.15) is 10.5 Å². The van der Waals surface area contributed by atoms with Gasteiger partial charge in [0.1, 0.15) is 29.2 Å². The molecule has 9 nitrogen and oxygen atoms in total. The summed E-state index contributed by atoms with van der Waals surface area (Å²) < 4.78 is 74.5. The van der Waals surface area contributed by atoms with E-state index in [0.717, 1.165) is 189 Å². The van der Waals surface area contributed by atoms with Crippen molar-refractivity contribution in [2.45, 2.75) is 272 Å². The van der Waals surface area contributed by atoms with E-state index in [4.69, 9.17) is 16.0 Å². The minimum Gasteiger partial charge on any atom is -0.492 e. The molecule has 0 amide bonds. The fraction of sp³-hybridized carbons (Fsp3) is 0.528. The molecule has 6 aromatic rings. The minimum atomic E-state index is -1.20. The fourth-order valence-electron chi connectivity index (χ4n) is 15.5. The molecule has 0 bridgehead atoms. The zero-order chi connectivity index (χ0) is 75.7. The van der Waals surface area contributed by atoms with Gasteiger partial charge in [0.25, 0.3) is 5.70 Å². The smallest absolute Gasteiger partial charge is 0.270 e. The highest BCUT2D eigenvalue weighted by molar-refractivity contribution is 7.29. The molecule has 0 radical (unpaired) electrons. The number of nitrogens with zero attached hydrogens (tertiary/aromatic N) is 5. The molecular weight excluding hydrogens is 1410 g/mol. The van der Waals surface area contributed by atoms with Crippen LogP contribution in [0.25, 0.3) is 57.4 Å². The van der Waals surface area contributed by atoms with Gasteiger partial charge in [0, 0.05) is 54.6 Å². The molecule has 4 aromatic heterocycles. The molecule has 5 heterocycles. The number of halogens is 4. The Balaban J connectivity index is 1.27. The maximum atomic E-state index is 15.2. The van der Waals surface area contributed by atoms with Crippen LogP contribution in [-0.2, 0) is 5.54 Å². The minimum absolute atomic E-state index is 0.000795. The summed E-state index contributed by atoms with van der Waals surface area (Å²) in [4.78, 5) is 42.6. The van der Waals surface area contributed by atoms with Crippen molar-refractivity contribution in [3.63, 3.8) is 0 Å². The summed E-state index contributed by atoms with van der Waals surface area (Å²) in [6.07, 6.45) is 41.5. The van der Waals surface area contributed by atoms with Crippen molar-refractivity contribution in [3.05, 3.63) is 143 Å². The number of ether oxygens (including phenoxy) is 2. The first-order valence-corrected chi connectivity index (χ1v) is 43.1. The van der Waals surface area contributed by atoms with E-state index in [9.17, 15) is 25.4 Å². The van der Waals surface area contributed by atoms with Gasteiger partial charge < -0.3 is 14.4 Å². The van der Waals surface area contributed by atoms with Gasteiger partial charge in [-0.25, -0.2) is 27.7 Å². The van der Waals surface area contributed by atoms with Gasteiger partial charge in [-0.1, -0.05) is 235 Å². The second-order valence-corrected chi connectivity index (χ2v) is 33.5. The molecule has 0 N–H and O–H groups in total. The Labute approximate surface area is 645 Å². The number of thiophene rings is 4. The SMILES string of the molecule is [C-]#[N+]C(C#N)=C1/C(=C/c2cc(OCC(CC)CCCC)c(-c3cc4c(s3)-c3sc(-c5sc(/C=C6\C(=O)c7cc(F)c(F)cc7C6=C(C#N)C#N)cc5OCC(CC)CCCC)cc3C(CCCCCCCCCCCC)(CCCCCCCCCCCC)N4CCCCCC)s2)C(=O)c2cc(F)c(F)cc21. The van der Waals surface area contributed by atoms with E-state index in [1.165, 1.54) is 123 Å². The molecule has 9 rings (SSSR count). The zero-order valence-electron chi connectivity index (χ0n) is 63.6. The van der Waals surface area contributed by atoms with E-state index in [1.807, 2.05) is 30.3 Å². The predicted molar refractivity (Wildman–Crippen MR) is 433 cm³/mol. The summed E-state index contributed by atoms with van der Waals surface area (Å²) in [6, 6.07) is 18.0. The Morgan fingerprint density at radius 3 is 1.30 bits per heavy atom. The Hall–Kier alpha value is -7.38. The van der Waals surface area contributed by atoms with Crippen molar-refractivity contribution in [2.75, 3.05) is 24.7 Å². The second kappa shape index (κ2) is 41.3. The first kappa shape index (κ1) is 82.7. The van der Waals surface area contributed by atoms with Crippen molar-refractivity contribution < 1.29 is 36.6 Å². The number of unbranched alkanes of at least 4 members (excludes halogenated alkanes) is 23. The molecule has 0 fully saturated rings. The molecule has 0 spiro atoms.